The minimum atomic E-state index is 0.356. The molecule has 3 nitrogen and oxygen atoms in total. The molecule has 0 atom stereocenters. The maximum absolute atomic E-state index is 6.14. The van der Waals surface area contributed by atoms with Crippen molar-refractivity contribution in [2.24, 2.45) is 5.73 Å². The fourth-order valence-electron chi connectivity index (χ4n) is 2.42. The van der Waals surface area contributed by atoms with Crippen molar-refractivity contribution in [1.29, 1.82) is 0 Å². The number of halogens is 3. The van der Waals surface area contributed by atoms with Crippen LogP contribution in [0.4, 0.5) is 0 Å². The monoisotopic (exact) mass is 342 g/mol. The highest BCUT2D eigenvalue weighted by molar-refractivity contribution is 6.43. The third kappa shape index (κ3) is 2.97. The summed E-state index contributed by atoms with van der Waals surface area (Å²) in [6.07, 6.45) is 3.12. The minimum Gasteiger partial charge on any atom is -0.437 e. The Morgan fingerprint density at radius 2 is 1.81 bits per heavy atom. The molecule has 2 N–H and O–H groups in total. The summed E-state index contributed by atoms with van der Waals surface area (Å²) in [5.41, 5.74) is 8.97. The molecule has 0 aliphatic heterocycles. The topological polar surface area (TPSA) is 48.1 Å². The standard InChI is InChI=1S/C15H13Cl3N2O/c16-10-5-12(18)14(6-11(10)17)21-15-9(7-19)4-8-2-1-3-13(8)20-15/h4-6H,1-3,7,19H2. The van der Waals surface area contributed by atoms with Crippen LogP contribution in [0.2, 0.25) is 15.1 Å². The van der Waals surface area contributed by atoms with Crippen molar-refractivity contribution < 1.29 is 4.74 Å². The van der Waals surface area contributed by atoms with Crippen LogP contribution in [-0.4, -0.2) is 4.98 Å². The lowest BCUT2D eigenvalue weighted by Crippen LogP contribution is -2.04. The van der Waals surface area contributed by atoms with Gasteiger partial charge in [-0.3, -0.25) is 0 Å². The van der Waals surface area contributed by atoms with Gasteiger partial charge in [0.2, 0.25) is 5.88 Å². The second kappa shape index (κ2) is 6.01. The van der Waals surface area contributed by atoms with Crippen molar-refractivity contribution in [2.45, 2.75) is 25.8 Å². The van der Waals surface area contributed by atoms with Crippen LogP contribution >= 0.6 is 34.8 Å². The summed E-state index contributed by atoms with van der Waals surface area (Å²) in [5, 5.41) is 1.15. The van der Waals surface area contributed by atoms with E-state index in [4.69, 9.17) is 45.3 Å². The van der Waals surface area contributed by atoms with E-state index in [9.17, 15) is 0 Å². The van der Waals surface area contributed by atoms with E-state index >= 15 is 0 Å². The average Bonchev–Trinajstić information content (AvgIpc) is 2.91. The molecule has 0 spiro atoms. The van der Waals surface area contributed by atoms with Gasteiger partial charge in [0.25, 0.3) is 0 Å². The summed E-state index contributed by atoms with van der Waals surface area (Å²) < 4.78 is 5.83. The molecule has 1 aromatic heterocycles. The van der Waals surface area contributed by atoms with E-state index in [1.54, 1.807) is 12.1 Å². The smallest absolute Gasteiger partial charge is 0.224 e. The molecule has 0 bridgehead atoms. The molecule has 1 aromatic carbocycles. The first-order valence-electron chi connectivity index (χ1n) is 6.62. The van der Waals surface area contributed by atoms with Crippen LogP contribution in [0.15, 0.2) is 18.2 Å². The second-order valence-corrected chi connectivity index (χ2v) is 6.14. The molecule has 1 aliphatic carbocycles. The van der Waals surface area contributed by atoms with Gasteiger partial charge in [-0.05, 0) is 37.0 Å². The van der Waals surface area contributed by atoms with Gasteiger partial charge in [-0.2, -0.15) is 0 Å². The summed E-state index contributed by atoms with van der Waals surface area (Å²) >= 11 is 18.1. The number of aryl methyl sites for hydroxylation is 2. The Labute approximate surface area is 138 Å². The molecule has 1 heterocycles. The van der Waals surface area contributed by atoms with Crippen LogP contribution in [-0.2, 0) is 19.4 Å². The molecule has 0 saturated carbocycles. The molecule has 0 fully saturated rings. The number of hydrogen-bond acceptors (Lipinski definition) is 3. The first-order valence-corrected chi connectivity index (χ1v) is 7.76. The second-order valence-electron chi connectivity index (χ2n) is 4.91. The van der Waals surface area contributed by atoms with Crippen molar-refractivity contribution in [3.05, 3.63) is 50.1 Å². The lowest BCUT2D eigenvalue weighted by molar-refractivity contribution is 0.454. The maximum Gasteiger partial charge on any atom is 0.224 e. The molecule has 0 unspecified atom stereocenters. The predicted octanol–water partition coefficient (Wildman–Crippen LogP) is 4.78. The summed E-state index contributed by atoms with van der Waals surface area (Å²) in [6, 6.07) is 5.20. The normalized spacial score (nSPS) is 13.3. The van der Waals surface area contributed by atoms with Crippen molar-refractivity contribution in [2.75, 3.05) is 0 Å². The zero-order valence-electron chi connectivity index (χ0n) is 11.1. The summed E-state index contributed by atoms with van der Waals surface area (Å²) in [4.78, 5) is 4.58. The van der Waals surface area contributed by atoms with E-state index < -0.39 is 0 Å². The Balaban J connectivity index is 2.00. The van der Waals surface area contributed by atoms with Crippen molar-refractivity contribution in [3.8, 4) is 11.6 Å². The maximum atomic E-state index is 6.14. The molecule has 0 saturated heterocycles. The lowest BCUT2D eigenvalue weighted by atomic mass is 10.1. The Morgan fingerprint density at radius 3 is 2.57 bits per heavy atom. The van der Waals surface area contributed by atoms with Gasteiger partial charge >= 0.3 is 0 Å². The van der Waals surface area contributed by atoms with Crippen LogP contribution in [0, 0.1) is 0 Å². The molecule has 1 aliphatic rings. The Morgan fingerprint density at radius 1 is 1.05 bits per heavy atom. The molecular weight excluding hydrogens is 331 g/mol. The zero-order valence-corrected chi connectivity index (χ0v) is 13.4. The van der Waals surface area contributed by atoms with E-state index in [-0.39, 0.29) is 0 Å². The highest BCUT2D eigenvalue weighted by Crippen LogP contribution is 2.37. The van der Waals surface area contributed by atoms with Gasteiger partial charge in [-0.15, -0.1) is 0 Å². The number of ether oxygens (including phenoxy) is 1. The number of fused-ring (bicyclic) bond motifs is 1. The predicted molar refractivity (Wildman–Crippen MR) is 85.7 cm³/mol. The highest BCUT2D eigenvalue weighted by Gasteiger charge is 2.18. The van der Waals surface area contributed by atoms with E-state index in [0.29, 0.717) is 33.2 Å². The molecule has 3 rings (SSSR count). The van der Waals surface area contributed by atoms with Crippen molar-refractivity contribution in [1.82, 2.24) is 4.98 Å². The third-order valence-corrected chi connectivity index (χ3v) is 4.51. The molecule has 21 heavy (non-hydrogen) atoms. The number of pyridine rings is 1. The number of nitrogens with zero attached hydrogens (tertiary/aromatic N) is 1. The Kier molecular flexibility index (Phi) is 4.27. The fraction of sp³-hybridized carbons (Fsp3) is 0.267. The SMILES string of the molecule is NCc1cc2c(nc1Oc1cc(Cl)c(Cl)cc1Cl)CCC2. The van der Waals surface area contributed by atoms with Gasteiger partial charge in [0.15, 0.2) is 0 Å². The number of aromatic nitrogens is 1. The van der Waals surface area contributed by atoms with Gasteiger partial charge in [0.05, 0.1) is 15.1 Å². The number of rotatable bonds is 3. The first kappa shape index (κ1) is 14.9. The molecule has 110 valence electrons. The largest absolute Gasteiger partial charge is 0.437 e. The van der Waals surface area contributed by atoms with Crippen LogP contribution in [0.1, 0.15) is 23.2 Å². The molecule has 0 amide bonds. The fourth-order valence-corrected chi connectivity index (χ4v) is 3.00. The van der Waals surface area contributed by atoms with Crippen LogP contribution in [0.3, 0.4) is 0 Å². The minimum absolute atomic E-state index is 0.356. The number of nitrogens with two attached hydrogens (primary N) is 1. The summed E-state index contributed by atoms with van der Waals surface area (Å²) in [7, 11) is 0. The van der Waals surface area contributed by atoms with E-state index in [2.05, 4.69) is 11.1 Å². The van der Waals surface area contributed by atoms with Crippen LogP contribution in [0.25, 0.3) is 0 Å². The molecule has 6 heteroatoms. The summed E-state index contributed by atoms with van der Waals surface area (Å²) in [5.74, 6) is 0.907. The molecule has 2 aromatic rings. The van der Waals surface area contributed by atoms with Crippen molar-refractivity contribution in [3.63, 3.8) is 0 Å². The Hall–Kier alpha value is -1.000. The lowest BCUT2D eigenvalue weighted by Gasteiger charge is -2.13. The van der Waals surface area contributed by atoms with Gasteiger partial charge < -0.3 is 10.5 Å². The molecule has 0 radical (unpaired) electrons. The number of benzene rings is 1. The Bertz CT molecular complexity index is 704. The van der Waals surface area contributed by atoms with Gasteiger partial charge in [0, 0.05) is 23.9 Å². The van der Waals surface area contributed by atoms with Crippen LogP contribution in [0.5, 0.6) is 11.6 Å². The number of hydrogen-bond donors (Lipinski definition) is 1. The van der Waals surface area contributed by atoms with Crippen molar-refractivity contribution >= 4 is 34.8 Å². The highest BCUT2D eigenvalue weighted by atomic mass is 35.5. The first-order chi connectivity index (χ1) is 10.1. The van der Waals surface area contributed by atoms with Gasteiger partial charge in [-0.1, -0.05) is 34.8 Å². The summed E-state index contributed by atoms with van der Waals surface area (Å²) in [6.45, 7) is 0.356. The van der Waals surface area contributed by atoms with E-state index in [1.807, 2.05) is 0 Å². The average molecular weight is 344 g/mol. The van der Waals surface area contributed by atoms with Gasteiger partial charge in [0.1, 0.15) is 5.75 Å². The quantitative estimate of drug-likeness (QED) is 0.816. The van der Waals surface area contributed by atoms with E-state index in [0.717, 1.165) is 30.5 Å². The van der Waals surface area contributed by atoms with Gasteiger partial charge in [-0.25, -0.2) is 4.98 Å². The van der Waals surface area contributed by atoms with Crippen LogP contribution < -0.4 is 10.5 Å². The van der Waals surface area contributed by atoms with E-state index in [1.165, 1.54) is 5.56 Å². The zero-order chi connectivity index (χ0) is 15.0. The molecular formula is C15H13Cl3N2O. The third-order valence-electron chi connectivity index (χ3n) is 3.49.